The summed E-state index contributed by atoms with van der Waals surface area (Å²) < 4.78 is 0. The molecule has 2 aromatic carbocycles. The third-order valence-corrected chi connectivity index (χ3v) is 3.23. The van der Waals surface area contributed by atoms with Crippen molar-refractivity contribution in [1.82, 2.24) is 0 Å². The molecular formula is C15H15Cl2N. The Hall–Kier alpha value is -1.18. The van der Waals surface area contributed by atoms with Gasteiger partial charge in [-0.1, -0.05) is 23.2 Å². The zero-order valence-corrected chi connectivity index (χ0v) is 11.9. The Balaban J connectivity index is 2.39. The molecule has 94 valence electrons. The predicted molar refractivity (Wildman–Crippen MR) is 80.2 cm³/mol. The van der Waals surface area contributed by atoms with E-state index < -0.39 is 0 Å². The van der Waals surface area contributed by atoms with Gasteiger partial charge in [0, 0.05) is 27.5 Å². The van der Waals surface area contributed by atoms with Gasteiger partial charge < -0.3 is 4.90 Å². The van der Waals surface area contributed by atoms with Crippen molar-refractivity contribution >= 4 is 34.6 Å². The van der Waals surface area contributed by atoms with Crippen LogP contribution in [0.15, 0.2) is 48.5 Å². The number of anilines is 2. The van der Waals surface area contributed by atoms with Gasteiger partial charge in [0.15, 0.2) is 0 Å². The first-order valence-corrected chi connectivity index (χ1v) is 6.64. The molecule has 3 heteroatoms. The fraction of sp³-hybridized carbons (Fsp3) is 0.200. The van der Waals surface area contributed by atoms with E-state index in [1.807, 2.05) is 48.5 Å². The zero-order valence-electron chi connectivity index (χ0n) is 10.4. The standard InChI is InChI=1S/C15H15Cl2N/c1-11(2)18(14-7-3-12(16)4-8-14)15-9-5-13(17)6-10-15/h3-11H,1-2H3. The molecule has 0 aliphatic rings. The van der Waals surface area contributed by atoms with Gasteiger partial charge in [0.25, 0.3) is 0 Å². The van der Waals surface area contributed by atoms with Gasteiger partial charge in [-0.05, 0) is 62.4 Å². The van der Waals surface area contributed by atoms with E-state index in [9.17, 15) is 0 Å². The topological polar surface area (TPSA) is 3.24 Å². The number of hydrogen-bond donors (Lipinski definition) is 0. The first kappa shape index (κ1) is 13.3. The van der Waals surface area contributed by atoms with Crippen molar-refractivity contribution in [1.29, 1.82) is 0 Å². The summed E-state index contributed by atoms with van der Waals surface area (Å²) in [6.07, 6.45) is 0. The SMILES string of the molecule is CC(C)N(c1ccc(Cl)cc1)c1ccc(Cl)cc1. The Kier molecular flexibility index (Phi) is 4.15. The number of rotatable bonds is 3. The second kappa shape index (κ2) is 5.64. The van der Waals surface area contributed by atoms with E-state index in [-0.39, 0.29) is 0 Å². The number of benzene rings is 2. The van der Waals surface area contributed by atoms with E-state index in [1.54, 1.807) is 0 Å². The Morgan fingerprint density at radius 2 is 1.06 bits per heavy atom. The lowest BCUT2D eigenvalue weighted by atomic mass is 10.2. The van der Waals surface area contributed by atoms with Gasteiger partial charge in [-0.3, -0.25) is 0 Å². The Morgan fingerprint density at radius 1 is 0.722 bits per heavy atom. The van der Waals surface area contributed by atoms with E-state index >= 15 is 0 Å². The van der Waals surface area contributed by atoms with Crippen LogP contribution in [0.2, 0.25) is 10.0 Å². The second-order valence-electron chi connectivity index (χ2n) is 4.42. The van der Waals surface area contributed by atoms with Crippen LogP contribution >= 0.6 is 23.2 Å². The van der Waals surface area contributed by atoms with Gasteiger partial charge in [-0.2, -0.15) is 0 Å². The second-order valence-corrected chi connectivity index (χ2v) is 5.29. The van der Waals surface area contributed by atoms with Gasteiger partial charge in [-0.15, -0.1) is 0 Å². The Bertz CT molecular complexity index is 458. The molecule has 0 aliphatic heterocycles. The summed E-state index contributed by atoms with van der Waals surface area (Å²) in [7, 11) is 0. The van der Waals surface area contributed by atoms with Crippen LogP contribution in [-0.4, -0.2) is 6.04 Å². The third kappa shape index (κ3) is 2.98. The van der Waals surface area contributed by atoms with E-state index in [4.69, 9.17) is 23.2 Å². The lowest BCUT2D eigenvalue weighted by Gasteiger charge is -2.29. The molecule has 0 unspecified atom stereocenters. The molecule has 2 rings (SSSR count). The highest BCUT2D eigenvalue weighted by Crippen LogP contribution is 2.29. The quantitative estimate of drug-likeness (QED) is 0.713. The average Bonchev–Trinajstić information content (AvgIpc) is 2.34. The molecule has 1 nitrogen and oxygen atoms in total. The highest BCUT2D eigenvalue weighted by Gasteiger charge is 2.12. The molecule has 0 atom stereocenters. The summed E-state index contributed by atoms with van der Waals surface area (Å²) in [5, 5.41) is 1.50. The molecule has 0 saturated carbocycles. The fourth-order valence-corrected chi connectivity index (χ4v) is 2.20. The van der Waals surface area contributed by atoms with Crippen molar-refractivity contribution in [3.8, 4) is 0 Å². The van der Waals surface area contributed by atoms with Crippen LogP contribution in [0, 0.1) is 0 Å². The molecule has 0 saturated heterocycles. The van der Waals surface area contributed by atoms with Crippen LogP contribution in [0.3, 0.4) is 0 Å². The van der Waals surface area contributed by atoms with Crippen LogP contribution < -0.4 is 4.90 Å². The van der Waals surface area contributed by atoms with E-state index in [2.05, 4.69) is 18.7 Å². The largest absolute Gasteiger partial charge is 0.339 e. The van der Waals surface area contributed by atoms with Gasteiger partial charge in [0.2, 0.25) is 0 Å². The molecule has 0 spiro atoms. The van der Waals surface area contributed by atoms with Crippen molar-refractivity contribution in [2.75, 3.05) is 4.90 Å². The van der Waals surface area contributed by atoms with Crippen molar-refractivity contribution in [2.45, 2.75) is 19.9 Å². The predicted octanol–water partition coefficient (Wildman–Crippen LogP) is 5.54. The van der Waals surface area contributed by atoms with E-state index in [0.717, 1.165) is 21.4 Å². The lowest BCUT2D eigenvalue weighted by Crippen LogP contribution is -2.25. The van der Waals surface area contributed by atoms with Crippen LogP contribution in [0.25, 0.3) is 0 Å². The monoisotopic (exact) mass is 279 g/mol. The molecule has 0 N–H and O–H groups in total. The maximum Gasteiger partial charge on any atom is 0.0414 e. The van der Waals surface area contributed by atoms with E-state index in [0.29, 0.717) is 6.04 Å². The van der Waals surface area contributed by atoms with Crippen molar-refractivity contribution < 1.29 is 0 Å². The zero-order chi connectivity index (χ0) is 13.1. The van der Waals surface area contributed by atoms with Crippen LogP contribution in [0.1, 0.15) is 13.8 Å². The lowest BCUT2D eigenvalue weighted by molar-refractivity contribution is 0.789. The number of halogens is 2. The summed E-state index contributed by atoms with van der Waals surface area (Å²) >= 11 is 11.9. The molecule has 0 radical (unpaired) electrons. The molecule has 2 aromatic rings. The number of hydrogen-bond acceptors (Lipinski definition) is 1. The molecule has 0 aromatic heterocycles. The molecular weight excluding hydrogens is 265 g/mol. The van der Waals surface area contributed by atoms with E-state index in [1.165, 1.54) is 0 Å². The maximum absolute atomic E-state index is 5.93. The minimum atomic E-state index is 0.354. The molecule has 0 bridgehead atoms. The van der Waals surface area contributed by atoms with Gasteiger partial charge in [0.05, 0.1) is 0 Å². The minimum Gasteiger partial charge on any atom is -0.339 e. The normalized spacial score (nSPS) is 10.7. The maximum atomic E-state index is 5.93. The summed E-state index contributed by atoms with van der Waals surface area (Å²) in [5.74, 6) is 0. The summed E-state index contributed by atoms with van der Waals surface area (Å²) in [5.41, 5.74) is 2.24. The summed E-state index contributed by atoms with van der Waals surface area (Å²) in [6.45, 7) is 4.31. The first-order chi connectivity index (χ1) is 8.58. The van der Waals surface area contributed by atoms with Crippen LogP contribution in [0.5, 0.6) is 0 Å². The Labute approximate surface area is 118 Å². The van der Waals surface area contributed by atoms with Crippen LogP contribution in [0.4, 0.5) is 11.4 Å². The highest BCUT2D eigenvalue weighted by molar-refractivity contribution is 6.31. The molecule has 0 amide bonds. The molecule has 18 heavy (non-hydrogen) atoms. The third-order valence-electron chi connectivity index (χ3n) is 2.73. The van der Waals surface area contributed by atoms with Gasteiger partial charge in [-0.25, -0.2) is 0 Å². The molecule has 0 heterocycles. The van der Waals surface area contributed by atoms with Crippen molar-refractivity contribution in [3.05, 3.63) is 58.6 Å². The number of nitrogens with zero attached hydrogens (tertiary/aromatic N) is 1. The van der Waals surface area contributed by atoms with Crippen LogP contribution in [-0.2, 0) is 0 Å². The van der Waals surface area contributed by atoms with Crippen molar-refractivity contribution in [2.24, 2.45) is 0 Å². The Morgan fingerprint density at radius 3 is 1.33 bits per heavy atom. The molecule has 0 aliphatic carbocycles. The highest BCUT2D eigenvalue weighted by atomic mass is 35.5. The summed E-state index contributed by atoms with van der Waals surface area (Å²) in [4.78, 5) is 2.24. The summed E-state index contributed by atoms with van der Waals surface area (Å²) in [6, 6.07) is 16.1. The fourth-order valence-electron chi connectivity index (χ4n) is 1.95. The first-order valence-electron chi connectivity index (χ1n) is 5.88. The smallest absolute Gasteiger partial charge is 0.0414 e. The average molecular weight is 280 g/mol. The minimum absolute atomic E-state index is 0.354. The van der Waals surface area contributed by atoms with Gasteiger partial charge in [0.1, 0.15) is 0 Å². The van der Waals surface area contributed by atoms with Gasteiger partial charge >= 0.3 is 0 Å². The van der Waals surface area contributed by atoms with Crippen molar-refractivity contribution in [3.63, 3.8) is 0 Å². The molecule has 0 fully saturated rings.